The Morgan fingerprint density at radius 2 is 1.80 bits per heavy atom. The van der Waals surface area contributed by atoms with Crippen LogP contribution in [0.25, 0.3) is 0 Å². The predicted molar refractivity (Wildman–Crippen MR) is 79.6 cm³/mol. The molecule has 4 nitrogen and oxygen atoms in total. The molecule has 0 atom stereocenters. The molecule has 0 aromatic heterocycles. The quantitative estimate of drug-likeness (QED) is 0.869. The van der Waals surface area contributed by atoms with E-state index in [4.69, 9.17) is 10.5 Å². The number of hydrogen-bond donors (Lipinski definition) is 1. The summed E-state index contributed by atoms with van der Waals surface area (Å²) in [5, 5.41) is 0. The van der Waals surface area contributed by atoms with E-state index < -0.39 is 0 Å². The Balaban J connectivity index is 2.18. The van der Waals surface area contributed by atoms with Crippen LogP contribution in [0.4, 0.5) is 5.69 Å². The van der Waals surface area contributed by atoms with Crippen LogP contribution in [-0.4, -0.2) is 25.0 Å². The molecule has 0 spiro atoms. The van der Waals surface area contributed by atoms with E-state index in [0.29, 0.717) is 17.8 Å². The first-order valence-corrected chi connectivity index (χ1v) is 6.35. The lowest BCUT2D eigenvalue weighted by Gasteiger charge is -2.19. The third-order valence-electron chi connectivity index (χ3n) is 3.14. The molecular weight excluding hydrogens is 252 g/mol. The van der Waals surface area contributed by atoms with Crippen molar-refractivity contribution in [3.8, 4) is 5.75 Å². The first-order chi connectivity index (χ1) is 9.63. The van der Waals surface area contributed by atoms with Gasteiger partial charge in [-0.2, -0.15) is 0 Å². The number of methoxy groups -OCH3 is 1. The van der Waals surface area contributed by atoms with E-state index in [-0.39, 0.29) is 5.91 Å². The number of para-hydroxylation sites is 2. The van der Waals surface area contributed by atoms with Crippen LogP contribution >= 0.6 is 0 Å². The van der Waals surface area contributed by atoms with E-state index in [9.17, 15) is 4.79 Å². The van der Waals surface area contributed by atoms with Gasteiger partial charge in [0.15, 0.2) is 0 Å². The van der Waals surface area contributed by atoms with Gasteiger partial charge in [-0.3, -0.25) is 4.79 Å². The second kappa shape index (κ2) is 6.10. The zero-order valence-electron chi connectivity index (χ0n) is 11.7. The van der Waals surface area contributed by atoms with Gasteiger partial charge in [-0.1, -0.05) is 30.3 Å². The van der Waals surface area contributed by atoms with Crippen molar-refractivity contribution in [1.82, 2.24) is 4.90 Å². The van der Waals surface area contributed by atoms with Crippen molar-refractivity contribution in [2.24, 2.45) is 0 Å². The summed E-state index contributed by atoms with van der Waals surface area (Å²) in [5.74, 6) is 0.669. The highest BCUT2D eigenvalue weighted by molar-refractivity contribution is 5.98. The van der Waals surface area contributed by atoms with Gasteiger partial charge in [-0.25, -0.2) is 0 Å². The molecule has 0 unspecified atom stereocenters. The number of hydrogen-bond acceptors (Lipinski definition) is 3. The monoisotopic (exact) mass is 270 g/mol. The molecule has 0 heterocycles. The lowest BCUT2D eigenvalue weighted by molar-refractivity contribution is 0.0785. The van der Waals surface area contributed by atoms with Gasteiger partial charge in [0.25, 0.3) is 5.91 Å². The van der Waals surface area contributed by atoms with Gasteiger partial charge in [0.05, 0.1) is 12.7 Å². The molecule has 104 valence electrons. The first kappa shape index (κ1) is 13.9. The van der Waals surface area contributed by atoms with Gasteiger partial charge < -0.3 is 15.4 Å². The second-order valence-electron chi connectivity index (χ2n) is 4.56. The van der Waals surface area contributed by atoms with Crippen molar-refractivity contribution < 1.29 is 9.53 Å². The van der Waals surface area contributed by atoms with Gasteiger partial charge in [-0.15, -0.1) is 0 Å². The summed E-state index contributed by atoms with van der Waals surface area (Å²) in [6.45, 7) is 0.469. The molecule has 0 saturated carbocycles. The number of carbonyl (C=O) groups is 1. The molecule has 0 radical (unpaired) electrons. The molecule has 0 aliphatic heterocycles. The number of amides is 1. The molecule has 2 aromatic rings. The summed E-state index contributed by atoms with van der Waals surface area (Å²) in [6.07, 6.45) is 0. The maximum Gasteiger partial charge on any atom is 0.255 e. The van der Waals surface area contributed by atoms with E-state index >= 15 is 0 Å². The summed E-state index contributed by atoms with van der Waals surface area (Å²) in [4.78, 5) is 14.0. The molecule has 2 aromatic carbocycles. The Morgan fingerprint density at radius 1 is 1.15 bits per heavy atom. The summed E-state index contributed by atoms with van der Waals surface area (Å²) < 4.78 is 5.29. The van der Waals surface area contributed by atoms with Crippen LogP contribution in [0.2, 0.25) is 0 Å². The minimum Gasteiger partial charge on any atom is -0.496 e. The summed E-state index contributed by atoms with van der Waals surface area (Å²) in [7, 11) is 3.37. The molecule has 20 heavy (non-hydrogen) atoms. The van der Waals surface area contributed by atoms with Crippen LogP contribution in [0, 0.1) is 0 Å². The first-order valence-electron chi connectivity index (χ1n) is 6.35. The number of anilines is 1. The fourth-order valence-electron chi connectivity index (χ4n) is 2.06. The molecular formula is C16H18N2O2. The van der Waals surface area contributed by atoms with Gasteiger partial charge >= 0.3 is 0 Å². The number of nitrogen functional groups attached to an aromatic ring is 1. The predicted octanol–water partition coefficient (Wildman–Crippen LogP) is 2.55. The topological polar surface area (TPSA) is 55.6 Å². The van der Waals surface area contributed by atoms with E-state index in [1.54, 1.807) is 37.3 Å². The van der Waals surface area contributed by atoms with Crippen molar-refractivity contribution in [2.45, 2.75) is 6.54 Å². The highest BCUT2D eigenvalue weighted by Gasteiger charge is 2.15. The van der Waals surface area contributed by atoms with Crippen molar-refractivity contribution in [2.75, 3.05) is 19.9 Å². The number of nitrogens with two attached hydrogens (primary N) is 1. The van der Waals surface area contributed by atoms with E-state index in [0.717, 1.165) is 11.3 Å². The lowest BCUT2D eigenvalue weighted by atomic mass is 10.1. The highest BCUT2D eigenvalue weighted by atomic mass is 16.5. The third-order valence-corrected chi connectivity index (χ3v) is 3.14. The summed E-state index contributed by atoms with van der Waals surface area (Å²) in [5.41, 5.74) is 7.80. The average molecular weight is 270 g/mol. The van der Waals surface area contributed by atoms with Gasteiger partial charge in [0, 0.05) is 24.8 Å². The largest absolute Gasteiger partial charge is 0.496 e. The van der Waals surface area contributed by atoms with Crippen LogP contribution in [0.3, 0.4) is 0 Å². The van der Waals surface area contributed by atoms with Gasteiger partial charge in [-0.05, 0) is 18.2 Å². The van der Waals surface area contributed by atoms with Gasteiger partial charge in [0.2, 0.25) is 0 Å². The zero-order valence-corrected chi connectivity index (χ0v) is 11.7. The maximum absolute atomic E-state index is 12.4. The highest BCUT2D eigenvalue weighted by Crippen LogP contribution is 2.20. The van der Waals surface area contributed by atoms with Crippen LogP contribution in [0.15, 0.2) is 48.5 Å². The van der Waals surface area contributed by atoms with Crippen LogP contribution < -0.4 is 10.5 Å². The summed E-state index contributed by atoms with van der Waals surface area (Å²) >= 11 is 0. The smallest absolute Gasteiger partial charge is 0.255 e. The Kier molecular flexibility index (Phi) is 4.25. The van der Waals surface area contributed by atoms with Crippen LogP contribution in [0.1, 0.15) is 15.9 Å². The van der Waals surface area contributed by atoms with Crippen molar-refractivity contribution >= 4 is 11.6 Å². The minimum absolute atomic E-state index is 0.103. The van der Waals surface area contributed by atoms with E-state index in [1.807, 2.05) is 30.3 Å². The van der Waals surface area contributed by atoms with Gasteiger partial charge in [0.1, 0.15) is 5.75 Å². The Morgan fingerprint density at radius 3 is 2.50 bits per heavy atom. The standard InChI is InChI=1S/C16H18N2O2/c1-18(11-12-7-3-6-10-15(12)20-2)16(19)13-8-4-5-9-14(13)17/h3-10H,11,17H2,1-2H3. The normalized spacial score (nSPS) is 10.1. The van der Waals surface area contributed by atoms with Crippen LogP contribution in [-0.2, 0) is 6.54 Å². The number of nitrogens with zero attached hydrogens (tertiary/aromatic N) is 1. The molecule has 2 rings (SSSR count). The fourth-order valence-corrected chi connectivity index (χ4v) is 2.06. The average Bonchev–Trinajstić information content (AvgIpc) is 2.47. The SMILES string of the molecule is COc1ccccc1CN(C)C(=O)c1ccccc1N. The minimum atomic E-state index is -0.103. The van der Waals surface area contributed by atoms with Crippen molar-refractivity contribution in [3.63, 3.8) is 0 Å². The van der Waals surface area contributed by atoms with E-state index in [2.05, 4.69) is 0 Å². The molecule has 0 bridgehead atoms. The maximum atomic E-state index is 12.4. The Bertz CT molecular complexity index is 611. The number of benzene rings is 2. The van der Waals surface area contributed by atoms with Crippen molar-refractivity contribution in [1.29, 1.82) is 0 Å². The Hall–Kier alpha value is -2.49. The Labute approximate surface area is 118 Å². The number of ether oxygens (including phenoxy) is 1. The molecule has 0 fully saturated rings. The molecule has 0 saturated heterocycles. The number of carbonyl (C=O) groups excluding carboxylic acids is 1. The van der Waals surface area contributed by atoms with Crippen LogP contribution in [0.5, 0.6) is 5.75 Å². The molecule has 0 aliphatic carbocycles. The third kappa shape index (κ3) is 2.91. The summed E-state index contributed by atoms with van der Waals surface area (Å²) in [6, 6.07) is 14.7. The fraction of sp³-hybridized carbons (Fsp3) is 0.188. The van der Waals surface area contributed by atoms with E-state index in [1.165, 1.54) is 0 Å². The molecule has 1 amide bonds. The molecule has 4 heteroatoms. The molecule has 2 N–H and O–H groups in total. The number of rotatable bonds is 4. The molecule has 0 aliphatic rings. The van der Waals surface area contributed by atoms with Crippen molar-refractivity contribution in [3.05, 3.63) is 59.7 Å². The zero-order chi connectivity index (χ0) is 14.5. The lowest BCUT2D eigenvalue weighted by Crippen LogP contribution is -2.27. The second-order valence-corrected chi connectivity index (χ2v) is 4.56.